The van der Waals surface area contributed by atoms with Crippen LogP contribution in [0.25, 0.3) is 0 Å². The second-order valence-electron chi connectivity index (χ2n) is 4.85. The highest BCUT2D eigenvalue weighted by molar-refractivity contribution is 5.71. The van der Waals surface area contributed by atoms with E-state index in [1.807, 2.05) is 6.08 Å². The average Bonchev–Trinajstić information content (AvgIpc) is 2.44. The molecule has 0 spiro atoms. The Bertz CT molecular complexity index is 378. The molecule has 0 aromatic heterocycles. The van der Waals surface area contributed by atoms with Gasteiger partial charge in [0.25, 0.3) is 0 Å². The van der Waals surface area contributed by atoms with Gasteiger partial charge in [0.05, 0.1) is 6.42 Å². The van der Waals surface area contributed by atoms with Gasteiger partial charge in [0.1, 0.15) is 6.10 Å². The Morgan fingerprint density at radius 1 is 1.12 bits per heavy atom. The minimum atomic E-state index is -0.0299. The fourth-order valence-corrected chi connectivity index (χ4v) is 3.09. The van der Waals surface area contributed by atoms with Crippen molar-refractivity contribution in [1.82, 2.24) is 0 Å². The topological polar surface area (TPSA) is 26.3 Å². The van der Waals surface area contributed by atoms with Gasteiger partial charge in [0, 0.05) is 12.3 Å². The zero-order chi connectivity index (χ0) is 11.0. The summed E-state index contributed by atoms with van der Waals surface area (Å²) in [4.78, 5) is 11.7. The molecule has 1 saturated heterocycles. The first-order valence-electron chi connectivity index (χ1n) is 6.04. The minimum Gasteiger partial charge on any atom is -0.462 e. The van der Waals surface area contributed by atoms with Gasteiger partial charge in [0.2, 0.25) is 0 Å². The number of ether oxygens (including phenoxy) is 1. The van der Waals surface area contributed by atoms with Crippen LogP contribution in [0, 0.1) is 17.8 Å². The maximum absolute atomic E-state index is 11.7. The van der Waals surface area contributed by atoms with Crippen LogP contribution in [-0.4, -0.2) is 12.1 Å². The van der Waals surface area contributed by atoms with Crippen LogP contribution in [0.4, 0.5) is 0 Å². The summed E-state index contributed by atoms with van der Waals surface area (Å²) >= 11 is 0. The number of hydrogen-bond acceptors (Lipinski definition) is 2. The van der Waals surface area contributed by atoms with E-state index in [1.165, 1.54) is 0 Å². The van der Waals surface area contributed by atoms with Crippen LogP contribution < -0.4 is 0 Å². The molecule has 0 N–H and O–H groups in total. The lowest BCUT2D eigenvalue weighted by molar-refractivity contribution is -0.150. The molecule has 16 heavy (non-hydrogen) atoms. The van der Waals surface area contributed by atoms with Crippen LogP contribution in [0.5, 0.6) is 0 Å². The monoisotopic (exact) mass is 216 g/mol. The van der Waals surface area contributed by atoms with Gasteiger partial charge in [-0.05, 0) is 18.3 Å². The number of esters is 1. The molecule has 3 aliphatic rings. The normalized spacial score (nSPS) is 40.9. The van der Waals surface area contributed by atoms with Gasteiger partial charge in [0.15, 0.2) is 0 Å². The highest BCUT2D eigenvalue weighted by Gasteiger charge is 2.39. The van der Waals surface area contributed by atoms with E-state index in [4.69, 9.17) is 4.74 Å². The van der Waals surface area contributed by atoms with Crippen molar-refractivity contribution in [3.8, 4) is 0 Å². The Morgan fingerprint density at radius 3 is 2.88 bits per heavy atom. The summed E-state index contributed by atoms with van der Waals surface area (Å²) in [7, 11) is 0. The highest BCUT2D eigenvalue weighted by Crippen LogP contribution is 2.40. The molecule has 0 saturated carbocycles. The number of hydrogen-bond donors (Lipinski definition) is 0. The van der Waals surface area contributed by atoms with E-state index in [2.05, 4.69) is 30.4 Å². The number of allylic oxidation sites excluding steroid dienone is 5. The van der Waals surface area contributed by atoms with E-state index < -0.39 is 0 Å². The zero-order valence-electron chi connectivity index (χ0n) is 9.21. The number of fused-ring (bicyclic) bond motifs is 3. The van der Waals surface area contributed by atoms with E-state index in [-0.39, 0.29) is 12.1 Å². The molecule has 2 nitrogen and oxygen atoms in total. The summed E-state index contributed by atoms with van der Waals surface area (Å²) in [6.07, 6.45) is 15.5. The zero-order valence-corrected chi connectivity index (χ0v) is 9.21. The SMILES string of the molecule is O=C1CC2C=CC=CC2C2CC=CCC2O1. The second-order valence-corrected chi connectivity index (χ2v) is 4.85. The van der Waals surface area contributed by atoms with Crippen molar-refractivity contribution in [2.45, 2.75) is 25.4 Å². The van der Waals surface area contributed by atoms with Crippen molar-refractivity contribution in [3.63, 3.8) is 0 Å². The molecule has 1 fully saturated rings. The lowest BCUT2D eigenvalue weighted by atomic mass is 9.73. The minimum absolute atomic E-state index is 0.0299. The number of rotatable bonds is 0. The average molecular weight is 216 g/mol. The summed E-state index contributed by atoms with van der Waals surface area (Å²) in [5.41, 5.74) is 0. The van der Waals surface area contributed by atoms with Gasteiger partial charge in [-0.3, -0.25) is 4.79 Å². The van der Waals surface area contributed by atoms with Crippen LogP contribution in [0.3, 0.4) is 0 Å². The summed E-state index contributed by atoms with van der Waals surface area (Å²) in [6, 6.07) is 0. The third kappa shape index (κ3) is 1.62. The molecular weight excluding hydrogens is 200 g/mol. The van der Waals surface area contributed by atoms with Crippen molar-refractivity contribution in [3.05, 3.63) is 36.5 Å². The quantitative estimate of drug-likeness (QED) is 0.459. The molecule has 1 heterocycles. The third-order valence-electron chi connectivity index (χ3n) is 3.90. The summed E-state index contributed by atoms with van der Waals surface area (Å²) in [5.74, 6) is 1.27. The Labute approximate surface area is 95.7 Å². The first-order chi connectivity index (χ1) is 7.84. The molecule has 0 radical (unpaired) electrons. The van der Waals surface area contributed by atoms with Crippen molar-refractivity contribution < 1.29 is 9.53 Å². The molecule has 1 aliphatic heterocycles. The molecule has 0 amide bonds. The molecule has 2 heteroatoms. The third-order valence-corrected chi connectivity index (χ3v) is 3.90. The predicted octanol–water partition coefficient (Wildman–Crippen LogP) is 2.63. The summed E-state index contributed by atoms with van der Waals surface area (Å²) in [5, 5.41) is 0. The van der Waals surface area contributed by atoms with Crippen LogP contribution in [0.2, 0.25) is 0 Å². The fraction of sp³-hybridized carbons (Fsp3) is 0.500. The highest BCUT2D eigenvalue weighted by atomic mass is 16.5. The van der Waals surface area contributed by atoms with Crippen LogP contribution in [-0.2, 0) is 9.53 Å². The summed E-state index contributed by atoms with van der Waals surface area (Å²) in [6.45, 7) is 0. The Balaban J connectivity index is 1.93. The van der Waals surface area contributed by atoms with E-state index in [0.717, 1.165) is 12.8 Å². The van der Waals surface area contributed by atoms with Crippen molar-refractivity contribution in [2.75, 3.05) is 0 Å². The Kier molecular flexibility index (Phi) is 2.43. The molecule has 3 rings (SSSR count). The number of carbonyl (C=O) groups excluding carboxylic acids is 1. The summed E-state index contributed by atoms with van der Waals surface area (Å²) < 4.78 is 5.55. The second kappa shape index (κ2) is 3.93. The van der Waals surface area contributed by atoms with E-state index in [9.17, 15) is 4.79 Å². The fourth-order valence-electron chi connectivity index (χ4n) is 3.09. The maximum atomic E-state index is 11.7. The van der Waals surface area contributed by atoms with Gasteiger partial charge >= 0.3 is 5.97 Å². The van der Waals surface area contributed by atoms with Crippen LogP contribution in [0.15, 0.2) is 36.5 Å². The van der Waals surface area contributed by atoms with Gasteiger partial charge in [-0.25, -0.2) is 0 Å². The van der Waals surface area contributed by atoms with Gasteiger partial charge < -0.3 is 4.74 Å². The smallest absolute Gasteiger partial charge is 0.306 e. The Morgan fingerprint density at radius 2 is 1.94 bits per heavy atom. The van der Waals surface area contributed by atoms with Crippen molar-refractivity contribution in [2.24, 2.45) is 17.8 Å². The van der Waals surface area contributed by atoms with Gasteiger partial charge in [-0.1, -0.05) is 36.5 Å². The predicted molar refractivity (Wildman–Crippen MR) is 61.6 cm³/mol. The Hall–Kier alpha value is -1.31. The standard InChI is InChI=1S/C14H16O2/c15-14-9-10-5-1-2-6-11(10)12-7-3-4-8-13(12)16-14/h1-6,10-13H,7-9H2. The van der Waals surface area contributed by atoms with E-state index >= 15 is 0 Å². The molecule has 0 aromatic carbocycles. The molecule has 4 atom stereocenters. The first-order valence-corrected chi connectivity index (χ1v) is 6.04. The van der Waals surface area contributed by atoms with E-state index in [1.54, 1.807) is 0 Å². The van der Waals surface area contributed by atoms with Crippen LogP contribution in [0.1, 0.15) is 19.3 Å². The first kappa shape index (κ1) is 9.88. The van der Waals surface area contributed by atoms with E-state index in [0.29, 0.717) is 24.2 Å². The van der Waals surface area contributed by atoms with Crippen LogP contribution >= 0.6 is 0 Å². The van der Waals surface area contributed by atoms with Gasteiger partial charge in [-0.15, -0.1) is 0 Å². The van der Waals surface area contributed by atoms with Crippen molar-refractivity contribution in [1.29, 1.82) is 0 Å². The maximum Gasteiger partial charge on any atom is 0.306 e. The lowest BCUT2D eigenvalue weighted by Gasteiger charge is -2.33. The van der Waals surface area contributed by atoms with Gasteiger partial charge in [-0.2, -0.15) is 0 Å². The lowest BCUT2D eigenvalue weighted by Crippen LogP contribution is -2.31. The molecular formula is C14H16O2. The largest absolute Gasteiger partial charge is 0.462 e. The molecule has 4 unspecified atom stereocenters. The molecule has 0 bridgehead atoms. The molecule has 84 valence electrons. The molecule has 0 aromatic rings. The molecule has 2 aliphatic carbocycles. The number of carbonyl (C=O) groups is 1. The van der Waals surface area contributed by atoms with Crippen molar-refractivity contribution >= 4 is 5.97 Å².